The van der Waals surface area contributed by atoms with Crippen LogP contribution in [0.1, 0.15) is 30.9 Å². The van der Waals surface area contributed by atoms with Crippen LogP contribution in [0.15, 0.2) is 36.5 Å². The quantitative estimate of drug-likeness (QED) is 0.804. The highest BCUT2D eigenvalue weighted by atomic mass is 16.5. The minimum absolute atomic E-state index is 0.0675. The Bertz CT molecular complexity index is 809. The summed E-state index contributed by atoms with van der Waals surface area (Å²) >= 11 is 0. The van der Waals surface area contributed by atoms with E-state index >= 15 is 0 Å². The zero-order chi connectivity index (χ0) is 15.7. The zero-order valence-electron chi connectivity index (χ0n) is 12.9. The summed E-state index contributed by atoms with van der Waals surface area (Å²) in [7, 11) is 1.58. The van der Waals surface area contributed by atoms with Crippen molar-refractivity contribution in [3.05, 3.63) is 47.7 Å². The summed E-state index contributed by atoms with van der Waals surface area (Å²) in [5.74, 6) is 0.980. The first kappa shape index (κ1) is 14.5. The second kappa shape index (κ2) is 5.77. The van der Waals surface area contributed by atoms with Crippen molar-refractivity contribution in [2.45, 2.75) is 26.4 Å². The molecule has 0 spiro atoms. The number of aromatic nitrogens is 3. The number of methoxy groups -OCH3 is 1. The third kappa shape index (κ3) is 2.33. The molecule has 5 nitrogen and oxygen atoms in total. The van der Waals surface area contributed by atoms with Gasteiger partial charge in [-0.3, -0.25) is 4.40 Å². The van der Waals surface area contributed by atoms with E-state index in [1.807, 2.05) is 24.3 Å². The molecule has 0 bridgehead atoms. The van der Waals surface area contributed by atoms with Crippen LogP contribution in [-0.2, 0) is 6.61 Å². The summed E-state index contributed by atoms with van der Waals surface area (Å²) in [4.78, 5) is 9.17. The summed E-state index contributed by atoms with van der Waals surface area (Å²) in [6, 6.07) is 10.4. The van der Waals surface area contributed by atoms with Crippen LogP contribution >= 0.6 is 0 Å². The van der Waals surface area contributed by atoms with Gasteiger partial charge < -0.3 is 9.84 Å². The molecule has 0 aliphatic rings. The van der Waals surface area contributed by atoms with Crippen molar-refractivity contribution in [1.82, 2.24) is 14.4 Å². The highest BCUT2D eigenvalue weighted by Crippen LogP contribution is 2.29. The number of nitrogens with zero attached hydrogens (tertiary/aromatic N) is 3. The molecular weight excluding hydrogens is 278 g/mol. The molecule has 1 N–H and O–H groups in total. The Morgan fingerprint density at radius 3 is 2.64 bits per heavy atom. The van der Waals surface area contributed by atoms with E-state index < -0.39 is 0 Å². The lowest BCUT2D eigenvalue weighted by Crippen LogP contribution is -2.04. The van der Waals surface area contributed by atoms with E-state index in [9.17, 15) is 5.11 Å². The van der Waals surface area contributed by atoms with E-state index in [1.165, 1.54) is 5.56 Å². The molecule has 0 atom stereocenters. The van der Waals surface area contributed by atoms with E-state index in [2.05, 4.69) is 29.9 Å². The monoisotopic (exact) mass is 297 g/mol. The lowest BCUT2D eigenvalue weighted by atomic mass is 9.97. The molecule has 0 aliphatic carbocycles. The topological polar surface area (TPSA) is 59.7 Å². The van der Waals surface area contributed by atoms with Gasteiger partial charge in [0.25, 0.3) is 0 Å². The fraction of sp³-hybridized carbons (Fsp3) is 0.294. The molecule has 0 saturated heterocycles. The minimum atomic E-state index is -0.0675. The van der Waals surface area contributed by atoms with Crippen LogP contribution in [0.4, 0.5) is 0 Å². The standard InChI is InChI=1S/C17H19N3O2/c1-11(2)13-6-4-5-7-14(13)15-18-16-12(10-21)8-9-20(16)17(19-15)22-3/h4-9,11,21H,10H2,1-3H3. The largest absolute Gasteiger partial charge is 0.468 e. The maximum absolute atomic E-state index is 9.48. The maximum Gasteiger partial charge on any atom is 0.303 e. The fourth-order valence-electron chi connectivity index (χ4n) is 2.61. The molecule has 114 valence electrons. The highest BCUT2D eigenvalue weighted by molar-refractivity contribution is 5.64. The Hall–Kier alpha value is -2.40. The molecule has 1 aromatic carbocycles. The van der Waals surface area contributed by atoms with Crippen molar-refractivity contribution < 1.29 is 9.84 Å². The van der Waals surface area contributed by atoms with E-state index in [-0.39, 0.29) is 6.61 Å². The smallest absolute Gasteiger partial charge is 0.303 e. The normalized spacial score (nSPS) is 11.3. The van der Waals surface area contributed by atoms with Gasteiger partial charge in [-0.1, -0.05) is 38.1 Å². The molecule has 0 unspecified atom stereocenters. The number of rotatable bonds is 4. The number of aliphatic hydroxyl groups excluding tert-OH is 1. The number of aliphatic hydroxyl groups is 1. The molecule has 22 heavy (non-hydrogen) atoms. The predicted octanol–water partition coefficient (Wildman–Crippen LogP) is 3.02. The molecule has 0 radical (unpaired) electrons. The molecule has 2 aromatic heterocycles. The van der Waals surface area contributed by atoms with Crippen LogP contribution in [0.5, 0.6) is 6.01 Å². The van der Waals surface area contributed by atoms with Crippen molar-refractivity contribution in [1.29, 1.82) is 0 Å². The second-order valence-corrected chi connectivity index (χ2v) is 5.47. The summed E-state index contributed by atoms with van der Waals surface area (Å²) in [6.45, 7) is 4.22. The fourth-order valence-corrected chi connectivity index (χ4v) is 2.61. The molecule has 5 heteroatoms. The van der Waals surface area contributed by atoms with Crippen LogP contribution in [0.3, 0.4) is 0 Å². The van der Waals surface area contributed by atoms with Gasteiger partial charge in [0.05, 0.1) is 13.7 Å². The van der Waals surface area contributed by atoms with Crippen LogP contribution in [0, 0.1) is 0 Å². The number of benzene rings is 1. The van der Waals surface area contributed by atoms with Gasteiger partial charge in [-0.25, -0.2) is 4.98 Å². The van der Waals surface area contributed by atoms with E-state index in [1.54, 1.807) is 17.7 Å². The van der Waals surface area contributed by atoms with Gasteiger partial charge >= 0.3 is 6.01 Å². The molecule has 0 amide bonds. The number of ether oxygens (including phenoxy) is 1. The Kier molecular flexibility index (Phi) is 3.81. The summed E-state index contributed by atoms with van der Waals surface area (Å²) in [5, 5.41) is 9.48. The van der Waals surface area contributed by atoms with Crippen molar-refractivity contribution >= 4 is 5.65 Å². The first-order valence-corrected chi connectivity index (χ1v) is 7.27. The number of fused-ring (bicyclic) bond motifs is 1. The third-order valence-electron chi connectivity index (χ3n) is 3.74. The lowest BCUT2D eigenvalue weighted by Gasteiger charge is -2.13. The summed E-state index contributed by atoms with van der Waals surface area (Å²) in [6.07, 6.45) is 1.80. The van der Waals surface area contributed by atoms with Gasteiger partial charge in [0.2, 0.25) is 0 Å². The number of hydrogen-bond donors (Lipinski definition) is 1. The molecule has 3 aromatic rings. The molecule has 0 fully saturated rings. The first-order valence-electron chi connectivity index (χ1n) is 7.27. The van der Waals surface area contributed by atoms with Gasteiger partial charge in [0.1, 0.15) is 5.65 Å². The Balaban J connectivity index is 2.27. The SMILES string of the molecule is COc1nc(-c2ccccc2C(C)C)nc2c(CO)ccn12. The zero-order valence-corrected chi connectivity index (χ0v) is 12.9. The van der Waals surface area contributed by atoms with Crippen LogP contribution in [0.2, 0.25) is 0 Å². The van der Waals surface area contributed by atoms with Gasteiger partial charge in [0, 0.05) is 17.3 Å². The molecule has 0 aliphatic heterocycles. The van der Waals surface area contributed by atoms with Crippen molar-refractivity contribution in [3.8, 4) is 17.4 Å². The third-order valence-corrected chi connectivity index (χ3v) is 3.74. The van der Waals surface area contributed by atoms with Crippen LogP contribution in [-0.4, -0.2) is 26.6 Å². The summed E-state index contributed by atoms with van der Waals surface area (Å²) in [5.41, 5.74) is 3.60. The predicted molar refractivity (Wildman–Crippen MR) is 85.0 cm³/mol. The van der Waals surface area contributed by atoms with Crippen molar-refractivity contribution in [2.75, 3.05) is 7.11 Å². The van der Waals surface area contributed by atoms with E-state index in [0.717, 1.165) is 11.1 Å². The average molecular weight is 297 g/mol. The Morgan fingerprint density at radius 1 is 1.18 bits per heavy atom. The van der Waals surface area contributed by atoms with E-state index in [0.29, 0.717) is 23.4 Å². The maximum atomic E-state index is 9.48. The van der Waals surface area contributed by atoms with Crippen LogP contribution < -0.4 is 4.74 Å². The van der Waals surface area contributed by atoms with Crippen molar-refractivity contribution in [3.63, 3.8) is 0 Å². The molecule has 2 heterocycles. The lowest BCUT2D eigenvalue weighted by molar-refractivity contribution is 0.283. The van der Waals surface area contributed by atoms with Gasteiger partial charge in [-0.05, 0) is 17.5 Å². The number of hydrogen-bond acceptors (Lipinski definition) is 4. The summed E-state index contributed by atoms with van der Waals surface area (Å²) < 4.78 is 7.12. The molecule has 3 rings (SSSR count). The Morgan fingerprint density at radius 2 is 1.95 bits per heavy atom. The second-order valence-electron chi connectivity index (χ2n) is 5.47. The van der Waals surface area contributed by atoms with E-state index in [4.69, 9.17) is 4.74 Å². The molecular formula is C17H19N3O2. The average Bonchev–Trinajstić information content (AvgIpc) is 2.96. The highest BCUT2D eigenvalue weighted by Gasteiger charge is 2.15. The van der Waals surface area contributed by atoms with Gasteiger partial charge in [0.15, 0.2) is 5.82 Å². The van der Waals surface area contributed by atoms with Gasteiger partial charge in [-0.2, -0.15) is 4.98 Å². The van der Waals surface area contributed by atoms with Gasteiger partial charge in [-0.15, -0.1) is 0 Å². The Labute approximate surface area is 129 Å². The van der Waals surface area contributed by atoms with Crippen LogP contribution in [0.25, 0.3) is 17.0 Å². The first-order chi connectivity index (χ1) is 10.7. The van der Waals surface area contributed by atoms with Crippen molar-refractivity contribution in [2.24, 2.45) is 0 Å². The minimum Gasteiger partial charge on any atom is -0.468 e. The molecule has 0 saturated carbocycles.